The molecule has 0 spiro atoms. The first kappa shape index (κ1) is 14.3. The molecule has 100 valence electrons. The Labute approximate surface area is 127 Å². The molecule has 0 aliphatic rings. The molecule has 0 bridgehead atoms. The molecule has 0 amide bonds. The van der Waals surface area contributed by atoms with E-state index < -0.39 is 0 Å². The van der Waals surface area contributed by atoms with Crippen molar-refractivity contribution in [2.75, 3.05) is 19.0 Å². The van der Waals surface area contributed by atoms with Crippen molar-refractivity contribution in [2.24, 2.45) is 5.73 Å². The first-order valence-corrected chi connectivity index (χ1v) is 7.72. The highest BCUT2D eigenvalue weighted by Crippen LogP contribution is 2.35. The molecule has 0 unspecified atom stereocenters. The summed E-state index contributed by atoms with van der Waals surface area (Å²) in [5, 5.41) is 16.7. The first-order valence-electron chi connectivity index (χ1n) is 5.30. The Morgan fingerprint density at radius 2 is 2.16 bits per heavy atom. The fourth-order valence-corrected chi connectivity index (χ4v) is 3.74. The van der Waals surface area contributed by atoms with Gasteiger partial charge in [-0.15, -0.1) is 10.2 Å². The summed E-state index contributed by atoms with van der Waals surface area (Å²) in [6, 6.07) is 5.62. The zero-order valence-corrected chi connectivity index (χ0v) is 13.6. The zero-order valence-electron chi connectivity index (χ0n) is 10.3. The number of rotatable bonds is 4. The predicted molar refractivity (Wildman–Crippen MR) is 83.5 cm³/mol. The monoisotopic (exact) mass is 357 g/mol. The summed E-state index contributed by atoms with van der Waals surface area (Å²) in [5.41, 5.74) is 6.29. The molecule has 3 N–H and O–H groups in total. The largest absolute Gasteiger partial charge is 0.384 e. The van der Waals surface area contributed by atoms with Crippen molar-refractivity contribution in [3.05, 3.63) is 28.2 Å². The van der Waals surface area contributed by atoms with Gasteiger partial charge in [0.25, 0.3) is 0 Å². The minimum absolute atomic E-state index is 0.0485. The number of nitrogens with two attached hydrogens (primary N) is 1. The van der Waals surface area contributed by atoms with Crippen LogP contribution < -0.4 is 10.6 Å². The van der Waals surface area contributed by atoms with Gasteiger partial charge in [-0.25, -0.2) is 0 Å². The standard InChI is InChI=1S/C11H12BrN5S2/c1-17(2)10-15-16-11(19-10)18-8-5-6(12)3-4-7(8)9(13)14/h3-5H,1-2H3,(H3,13,14). The summed E-state index contributed by atoms with van der Waals surface area (Å²) >= 11 is 6.39. The lowest BCUT2D eigenvalue weighted by Gasteiger charge is -2.06. The maximum Gasteiger partial charge on any atom is 0.208 e. The number of nitrogen functional groups attached to an aromatic ring is 1. The Hall–Kier alpha value is -1.12. The van der Waals surface area contributed by atoms with Gasteiger partial charge >= 0.3 is 0 Å². The lowest BCUT2D eigenvalue weighted by molar-refractivity contribution is 0.972. The van der Waals surface area contributed by atoms with Gasteiger partial charge in [-0.05, 0) is 18.2 Å². The number of hydrogen-bond donors (Lipinski definition) is 2. The molecule has 0 radical (unpaired) electrons. The van der Waals surface area contributed by atoms with E-state index in [9.17, 15) is 0 Å². The Bertz CT molecular complexity index is 611. The summed E-state index contributed by atoms with van der Waals surface area (Å²) in [6.07, 6.45) is 0. The van der Waals surface area contributed by atoms with Gasteiger partial charge in [0.2, 0.25) is 5.13 Å². The second-order valence-electron chi connectivity index (χ2n) is 3.90. The van der Waals surface area contributed by atoms with Crippen LogP contribution in [0.1, 0.15) is 5.56 Å². The average Bonchev–Trinajstić information content (AvgIpc) is 2.77. The zero-order chi connectivity index (χ0) is 14.0. The van der Waals surface area contributed by atoms with Crippen molar-refractivity contribution < 1.29 is 0 Å². The second kappa shape index (κ2) is 5.89. The van der Waals surface area contributed by atoms with E-state index in [-0.39, 0.29) is 5.84 Å². The highest BCUT2D eigenvalue weighted by molar-refractivity contribution is 9.10. The summed E-state index contributed by atoms with van der Waals surface area (Å²) in [5.74, 6) is 0.0485. The number of nitrogens with zero attached hydrogens (tertiary/aromatic N) is 3. The number of hydrogen-bond acceptors (Lipinski definition) is 6. The Morgan fingerprint density at radius 1 is 1.42 bits per heavy atom. The van der Waals surface area contributed by atoms with Gasteiger partial charge in [0.15, 0.2) is 4.34 Å². The molecule has 8 heteroatoms. The van der Waals surface area contributed by atoms with Crippen LogP contribution in [0.4, 0.5) is 5.13 Å². The van der Waals surface area contributed by atoms with Crippen LogP contribution in [0.15, 0.2) is 31.9 Å². The van der Waals surface area contributed by atoms with E-state index in [2.05, 4.69) is 26.1 Å². The highest BCUT2D eigenvalue weighted by atomic mass is 79.9. The average molecular weight is 358 g/mol. The van der Waals surface area contributed by atoms with Crippen molar-refractivity contribution in [2.45, 2.75) is 9.24 Å². The van der Waals surface area contributed by atoms with Gasteiger partial charge in [0.1, 0.15) is 5.84 Å². The van der Waals surface area contributed by atoms with E-state index in [0.29, 0.717) is 5.56 Å². The fraction of sp³-hybridized carbons (Fsp3) is 0.182. The lowest BCUT2D eigenvalue weighted by atomic mass is 10.2. The number of nitrogens with one attached hydrogen (secondary N) is 1. The van der Waals surface area contributed by atoms with Crippen molar-refractivity contribution in [3.8, 4) is 0 Å². The Balaban J connectivity index is 2.31. The molecule has 0 saturated carbocycles. The predicted octanol–water partition coefficient (Wildman–Crippen LogP) is 2.80. The number of amidine groups is 1. The fourth-order valence-electron chi connectivity index (χ4n) is 1.32. The molecular formula is C11H12BrN5S2. The van der Waals surface area contributed by atoms with E-state index >= 15 is 0 Å². The maximum atomic E-state index is 7.59. The molecule has 0 saturated heterocycles. The van der Waals surface area contributed by atoms with Gasteiger partial charge in [0, 0.05) is 29.0 Å². The third kappa shape index (κ3) is 3.46. The molecule has 0 fully saturated rings. The van der Waals surface area contributed by atoms with Crippen LogP contribution in [0.25, 0.3) is 0 Å². The van der Waals surface area contributed by atoms with Gasteiger partial charge in [-0.2, -0.15) is 0 Å². The van der Waals surface area contributed by atoms with Crippen LogP contribution in [-0.2, 0) is 0 Å². The third-order valence-corrected chi connectivity index (χ3v) is 4.90. The molecule has 1 heterocycles. The van der Waals surface area contributed by atoms with Crippen LogP contribution in [0.5, 0.6) is 0 Å². The van der Waals surface area contributed by atoms with E-state index in [1.165, 1.54) is 23.1 Å². The Kier molecular flexibility index (Phi) is 4.43. The van der Waals surface area contributed by atoms with Crippen LogP contribution in [0.3, 0.4) is 0 Å². The van der Waals surface area contributed by atoms with Crippen molar-refractivity contribution in [1.29, 1.82) is 5.41 Å². The van der Waals surface area contributed by atoms with Crippen LogP contribution in [-0.4, -0.2) is 30.1 Å². The van der Waals surface area contributed by atoms with Crippen LogP contribution >= 0.6 is 39.0 Å². The highest BCUT2D eigenvalue weighted by Gasteiger charge is 2.12. The molecule has 0 atom stereocenters. The van der Waals surface area contributed by atoms with E-state index in [0.717, 1.165) is 18.8 Å². The van der Waals surface area contributed by atoms with E-state index in [1.807, 2.05) is 37.2 Å². The van der Waals surface area contributed by atoms with E-state index in [1.54, 1.807) is 0 Å². The molecule has 1 aromatic heterocycles. The molecule has 0 aliphatic heterocycles. The smallest absolute Gasteiger partial charge is 0.208 e. The van der Waals surface area contributed by atoms with Crippen molar-refractivity contribution in [1.82, 2.24) is 10.2 Å². The minimum atomic E-state index is 0.0485. The number of benzene rings is 1. The first-order chi connectivity index (χ1) is 8.97. The van der Waals surface area contributed by atoms with Gasteiger partial charge in [-0.1, -0.05) is 39.0 Å². The molecule has 1 aromatic carbocycles. The Morgan fingerprint density at radius 3 is 2.74 bits per heavy atom. The molecular weight excluding hydrogens is 346 g/mol. The molecule has 2 aromatic rings. The minimum Gasteiger partial charge on any atom is -0.384 e. The second-order valence-corrected chi connectivity index (χ2v) is 7.06. The molecule has 2 rings (SSSR count). The van der Waals surface area contributed by atoms with Crippen molar-refractivity contribution >= 4 is 50.0 Å². The maximum absolute atomic E-state index is 7.59. The van der Waals surface area contributed by atoms with Gasteiger partial charge in [-0.3, -0.25) is 5.41 Å². The van der Waals surface area contributed by atoms with Gasteiger partial charge in [0.05, 0.1) is 0 Å². The van der Waals surface area contributed by atoms with E-state index in [4.69, 9.17) is 11.1 Å². The summed E-state index contributed by atoms with van der Waals surface area (Å²) < 4.78 is 1.77. The summed E-state index contributed by atoms with van der Waals surface area (Å²) in [6.45, 7) is 0. The molecule has 19 heavy (non-hydrogen) atoms. The van der Waals surface area contributed by atoms with Crippen LogP contribution in [0, 0.1) is 5.41 Å². The normalized spacial score (nSPS) is 10.5. The lowest BCUT2D eigenvalue weighted by Crippen LogP contribution is -2.12. The molecule has 0 aliphatic carbocycles. The third-order valence-electron chi connectivity index (χ3n) is 2.21. The quantitative estimate of drug-likeness (QED) is 0.649. The van der Waals surface area contributed by atoms with Crippen molar-refractivity contribution in [3.63, 3.8) is 0 Å². The van der Waals surface area contributed by atoms with Gasteiger partial charge < -0.3 is 10.6 Å². The summed E-state index contributed by atoms with van der Waals surface area (Å²) in [7, 11) is 3.85. The number of aromatic nitrogens is 2. The SMILES string of the molecule is CN(C)c1nnc(Sc2cc(Br)ccc2C(=N)N)s1. The van der Waals surface area contributed by atoms with Crippen LogP contribution in [0.2, 0.25) is 0 Å². The topological polar surface area (TPSA) is 78.9 Å². The molecule has 5 nitrogen and oxygen atoms in total. The number of anilines is 1. The number of halogens is 1. The summed E-state index contributed by atoms with van der Waals surface area (Å²) in [4.78, 5) is 2.80.